The van der Waals surface area contributed by atoms with Gasteiger partial charge in [0.15, 0.2) is 0 Å². The van der Waals surface area contributed by atoms with E-state index in [0.717, 1.165) is 36.3 Å². The van der Waals surface area contributed by atoms with Gasteiger partial charge in [-0.2, -0.15) is 5.10 Å². The third kappa shape index (κ3) is 3.70. The first-order chi connectivity index (χ1) is 14.5. The van der Waals surface area contributed by atoms with E-state index in [-0.39, 0.29) is 17.6 Å². The molecule has 0 fully saturated rings. The van der Waals surface area contributed by atoms with Crippen LogP contribution in [0.25, 0.3) is 5.69 Å². The van der Waals surface area contributed by atoms with Crippen LogP contribution in [-0.2, 0) is 17.6 Å². The number of amides is 2. The Kier molecular flexibility index (Phi) is 5.35. The molecule has 2 amide bonds. The van der Waals surface area contributed by atoms with Gasteiger partial charge >= 0.3 is 0 Å². The van der Waals surface area contributed by atoms with Gasteiger partial charge in [-0.3, -0.25) is 9.59 Å². The molecule has 2 heterocycles. The summed E-state index contributed by atoms with van der Waals surface area (Å²) in [7, 11) is 0. The number of anilines is 2. The zero-order chi connectivity index (χ0) is 21.3. The number of nitrogens with one attached hydrogen (secondary N) is 1. The molecule has 0 aliphatic carbocycles. The maximum absolute atomic E-state index is 13.2. The molecule has 2 aromatic carbocycles. The molecular formula is C23H23FN4O2. The van der Waals surface area contributed by atoms with Crippen molar-refractivity contribution in [1.82, 2.24) is 9.78 Å². The van der Waals surface area contributed by atoms with Crippen LogP contribution in [-0.4, -0.2) is 28.1 Å². The summed E-state index contributed by atoms with van der Waals surface area (Å²) in [6, 6.07) is 11.6. The fourth-order valence-electron chi connectivity index (χ4n) is 3.91. The molecular weight excluding hydrogens is 383 g/mol. The minimum absolute atomic E-state index is 0.0218. The Bertz CT molecular complexity index is 1100. The van der Waals surface area contributed by atoms with Crippen molar-refractivity contribution in [3.8, 4) is 5.69 Å². The highest BCUT2D eigenvalue weighted by Gasteiger charge is 2.21. The van der Waals surface area contributed by atoms with Gasteiger partial charge in [0, 0.05) is 24.8 Å². The van der Waals surface area contributed by atoms with E-state index in [1.807, 2.05) is 25.1 Å². The second kappa shape index (κ2) is 8.10. The van der Waals surface area contributed by atoms with E-state index in [0.29, 0.717) is 23.4 Å². The Morgan fingerprint density at radius 2 is 1.93 bits per heavy atom. The normalized spacial score (nSPS) is 13.1. The van der Waals surface area contributed by atoms with E-state index in [4.69, 9.17) is 0 Å². The Hall–Kier alpha value is -3.48. The predicted octanol–water partition coefficient (Wildman–Crippen LogP) is 4.13. The Morgan fingerprint density at radius 1 is 1.17 bits per heavy atom. The molecule has 1 aromatic heterocycles. The van der Waals surface area contributed by atoms with Crippen LogP contribution in [0.15, 0.2) is 48.7 Å². The molecule has 0 unspecified atom stereocenters. The lowest BCUT2D eigenvalue weighted by molar-refractivity contribution is -0.116. The number of hydrogen-bond acceptors (Lipinski definition) is 3. The van der Waals surface area contributed by atoms with Gasteiger partial charge < -0.3 is 10.2 Å². The van der Waals surface area contributed by atoms with Gasteiger partial charge in [0.1, 0.15) is 5.82 Å². The number of benzene rings is 2. The standard InChI is InChI=1S/C23H23FN4O2/c1-3-21-20(14-25-28(21)19-9-6-17(24)7-10-19)23(30)26-18-8-11-22-16(13-18)5-4-12-27(22)15(2)29/h6-11,13-14H,3-5,12H2,1-2H3,(H,26,30). The Labute approximate surface area is 174 Å². The molecule has 0 saturated heterocycles. The van der Waals surface area contributed by atoms with Crippen LogP contribution < -0.4 is 10.2 Å². The van der Waals surface area contributed by atoms with Gasteiger partial charge in [-0.1, -0.05) is 6.92 Å². The van der Waals surface area contributed by atoms with Gasteiger partial charge in [0.05, 0.1) is 23.1 Å². The smallest absolute Gasteiger partial charge is 0.259 e. The van der Waals surface area contributed by atoms with Crippen LogP contribution in [0, 0.1) is 5.82 Å². The van der Waals surface area contributed by atoms with Crippen LogP contribution in [0.1, 0.15) is 41.9 Å². The monoisotopic (exact) mass is 406 g/mol. The average Bonchev–Trinajstić information content (AvgIpc) is 3.17. The summed E-state index contributed by atoms with van der Waals surface area (Å²) in [4.78, 5) is 26.6. The molecule has 0 atom stereocenters. The fraction of sp³-hybridized carbons (Fsp3) is 0.261. The molecule has 4 rings (SSSR count). The fourth-order valence-corrected chi connectivity index (χ4v) is 3.91. The Morgan fingerprint density at radius 3 is 2.63 bits per heavy atom. The molecule has 0 spiro atoms. The van der Waals surface area contributed by atoms with E-state index in [2.05, 4.69) is 10.4 Å². The highest BCUT2D eigenvalue weighted by molar-refractivity contribution is 6.05. The lowest BCUT2D eigenvalue weighted by Gasteiger charge is -2.29. The van der Waals surface area contributed by atoms with Crippen molar-refractivity contribution in [3.05, 3.63) is 71.3 Å². The van der Waals surface area contributed by atoms with Crippen molar-refractivity contribution in [2.24, 2.45) is 0 Å². The van der Waals surface area contributed by atoms with E-state index in [9.17, 15) is 14.0 Å². The molecule has 6 nitrogen and oxygen atoms in total. The zero-order valence-electron chi connectivity index (χ0n) is 17.0. The van der Waals surface area contributed by atoms with Crippen molar-refractivity contribution in [2.75, 3.05) is 16.8 Å². The summed E-state index contributed by atoms with van der Waals surface area (Å²) in [6.07, 6.45) is 3.89. The van der Waals surface area contributed by atoms with Crippen molar-refractivity contribution in [2.45, 2.75) is 33.1 Å². The van der Waals surface area contributed by atoms with Crippen molar-refractivity contribution < 1.29 is 14.0 Å². The summed E-state index contributed by atoms with van der Waals surface area (Å²) >= 11 is 0. The second-order valence-electron chi connectivity index (χ2n) is 7.32. The van der Waals surface area contributed by atoms with Gasteiger partial charge in [0.2, 0.25) is 5.91 Å². The number of aryl methyl sites for hydroxylation is 1. The average molecular weight is 406 g/mol. The highest BCUT2D eigenvalue weighted by Crippen LogP contribution is 2.30. The van der Waals surface area contributed by atoms with E-state index in [1.54, 1.807) is 28.6 Å². The van der Waals surface area contributed by atoms with Gasteiger partial charge in [0.25, 0.3) is 5.91 Å². The number of hydrogen-bond donors (Lipinski definition) is 1. The largest absolute Gasteiger partial charge is 0.322 e. The molecule has 0 saturated carbocycles. The first-order valence-electron chi connectivity index (χ1n) is 10.0. The van der Waals surface area contributed by atoms with E-state index < -0.39 is 0 Å². The first-order valence-corrected chi connectivity index (χ1v) is 10.0. The van der Waals surface area contributed by atoms with E-state index in [1.165, 1.54) is 18.3 Å². The summed E-state index contributed by atoms with van der Waals surface area (Å²) < 4.78 is 14.9. The maximum Gasteiger partial charge on any atom is 0.259 e. The van der Waals surface area contributed by atoms with Crippen molar-refractivity contribution in [1.29, 1.82) is 0 Å². The number of nitrogens with zero attached hydrogens (tertiary/aromatic N) is 3. The summed E-state index contributed by atoms with van der Waals surface area (Å²) in [5.41, 5.74) is 4.56. The van der Waals surface area contributed by atoms with Crippen LogP contribution in [0.5, 0.6) is 0 Å². The third-order valence-electron chi connectivity index (χ3n) is 5.36. The first kappa shape index (κ1) is 19.8. The number of fused-ring (bicyclic) bond motifs is 1. The van der Waals surface area contributed by atoms with Gasteiger partial charge in [-0.05, 0) is 67.3 Å². The number of rotatable bonds is 4. The highest BCUT2D eigenvalue weighted by atomic mass is 19.1. The van der Waals surface area contributed by atoms with E-state index >= 15 is 0 Å². The number of halogens is 1. The molecule has 0 radical (unpaired) electrons. The molecule has 1 N–H and O–H groups in total. The minimum Gasteiger partial charge on any atom is -0.322 e. The van der Waals surface area contributed by atoms with Gasteiger partial charge in [-0.25, -0.2) is 9.07 Å². The van der Waals surface area contributed by atoms with Crippen molar-refractivity contribution >= 4 is 23.2 Å². The van der Waals surface area contributed by atoms with Crippen LogP contribution in [0.3, 0.4) is 0 Å². The molecule has 30 heavy (non-hydrogen) atoms. The molecule has 7 heteroatoms. The summed E-state index contributed by atoms with van der Waals surface area (Å²) in [5, 5.41) is 7.28. The van der Waals surface area contributed by atoms with Crippen LogP contribution in [0.4, 0.5) is 15.8 Å². The molecule has 1 aliphatic rings. The van der Waals surface area contributed by atoms with Gasteiger partial charge in [-0.15, -0.1) is 0 Å². The molecule has 3 aromatic rings. The molecule has 1 aliphatic heterocycles. The van der Waals surface area contributed by atoms with Crippen LogP contribution in [0.2, 0.25) is 0 Å². The number of carbonyl (C=O) groups excluding carboxylic acids is 2. The number of aromatic nitrogens is 2. The third-order valence-corrected chi connectivity index (χ3v) is 5.36. The molecule has 154 valence electrons. The summed E-state index contributed by atoms with van der Waals surface area (Å²) in [6.45, 7) is 4.23. The minimum atomic E-state index is -0.322. The Balaban J connectivity index is 1.59. The molecule has 0 bridgehead atoms. The lowest BCUT2D eigenvalue weighted by Crippen LogP contribution is -2.33. The lowest BCUT2D eigenvalue weighted by atomic mass is 10.0. The number of carbonyl (C=O) groups is 2. The SMILES string of the molecule is CCc1c(C(=O)Nc2ccc3c(c2)CCCN3C(C)=O)cnn1-c1ccc(F)cc1. The quantitative estimate of drug-likeness (QED) is 0.709. The topological polar surface area (TPSA) is 67.2 Å². The maximum atomic E-state index is 13.2. The predicted molar refractivity (Wildman–Crippen MR) is 114 cm³/mol. The summed E-state index contributed by atoms with van der Waals surface area (Å²) in [5.74, 6) is -0.550. The van der Waals surface area contributed by atoms with Crippen molar-refractivity contribution in [3.63, 3.8) is 0 Å². The zero-order valence-corrected chi connectivity index (χ0v) is 17.0. The van der Waals surface area contributed by atoms with Crippen LogP contribution >= 0.6 is 0 Å². The second-order valence-corrected chi connectivity index (χ2v) is 7.32.